The Morgan fingerprint density at radius 3 is 2.85 bits per heavy atom. The van der Waals surface area contributed by atoms with Gasteiger partial charge >= 0.3 is 0 Å². The number of benzene rings is 2. The highest BCUT2D eigenvalue weighted by atomic mass is 16.5. The number of nitrogens with zero attached hydrogens (tertiary/aromatic N) is 1. The summed E-state index contributed by atoms with van der Waals surface area (Å²) in [5.41, 5.74) is 3.16. The normalized spacial score (nSPS) is 22.6. The molecule has 1 unspecified atom stereocenters. The van der Waals surface area contributed by atoms with Crippen molar-refractivity contribution in [2.75, 3.05) is 13.1 Å². The quantitative estimate of drug-likeness (QED) is 0.897. The van der Waals surface area contributed by atoms with Crippen LogP contribution in [0.3, 0.4) is 0 Å². The van der Waals surface area contributed by atoms with Gasteiger partial charge in [-0.3, -0.25) is 9.69 Å². The lowest BCUT2D eigenvalue weighted by Gasteiger charge is -2.29. The molecule has 1 spiro atoms. The highest BCUT2D eigenvalue weighted by Gasteiger charge is 2.41. The van der Waals surface area contributed by atoms with Crippen LogP contribution in [0.4, 0.5) is 0 Å². The molecule has 4 rings (SSSR count). The summed E-state index contributed by atoms with van der Waals surface area (Å²) in [5.74, 6) is 1.01. The Labute approximate surface area is 161 Å². The molecule has 0 aromatic heterocycles. The molecule has 142 valence electrons. The fraction of sp³-hybridized carbons (Fsp3) is 0.435. The molecule has 0 radical (unpaired) electrons. The number of carbonyl (C=O) groups is 1. The van der Waals surface area contributed by atoms with Crippen LogP contribution in [-0.4, -0.2) is 35.5 Å². The van der Waals surface area contributed by atoms with Gasteiger partial charge in [-0.1, -0.05) is 30.3 Å². The van der Waals surface area contributed by atoms with Gasteiger partial charge in [-0.05, 0) is 62.4 Å². The van der Waals surface area contributed by atoms with E-state index in [-0.39, 0.29) is 17.6 Å². The van der Waals surface area contributed by atoms with Crippen LogP contribution in [-0.2, 0) is 13.0 Å². The maximum atomic E-state index is 12.7. The number of aryl methyl sites for hydroxylation is 1. The van der Waals surface area contributed by atoms with Crippen LogP contribution in [0.15, 0.2) is 48.5 Å². The Morgan fingerprint density at radius 1 is 1.15 bits per heavy atom. The summed E-state index contributed by atoms with van der Waals surface area (Å²) in [7, 11) is 0. The first kappa shape index (κ1) is 18.1. The number of hydrogen-bond donors (Lipinski definition) is 1. The minimum absolute atomic E-state index is 0.0808. The van der Waals surface area contributed by atoms with Crippen LogP contribution in [0, 0.1) is 0 Å². The molecule has 4 nitrogen and oxygen atoms in total. The second-order valence-electron chi connectivity index (χ2n) is 8.17. The van der Waals surface area contributed by atoms with Crippen LogP contribution < -0.4 is 10.1 Å². The smallest absolute Gasteiger partial charge is 0.252 e. The van der Waals surface area contributed by atoms with E-state index in [1.54, 1.807) is 0 Å². The summed E-state index contributed by atoms with van der Waals surface area (Å²) in [6.45, 7) is 6.89. The SMILES string of the molecule is CC(C)Oc1cccc(CN2CCC3(CCc4ccccc4C(=O)N3)C2)c1. The predicted molar refractivity (Wildman–Crippen MR) is 107 cm³/mol. The van der Waals surface area contributed by atoms with Crippen LogP contribution in [0.1, 0.15) is 48.2 Å². The number of nitrogens with one attached hydrogen (secondary N) is 1. The van der Waals surface area contributed by atoms with Crippen molar-refractivity contribution in [3.8, 4) is 5.75 Å². The molecule has 2 aliphatic rings. The molecule has 1 saturated heterocycles. The number of fused-ring (bicyclic) bond motifs is 1. The fourth-order valence-corrected chi connectivity index (χ4v) is 4.35. The molecule has 0 saturated carbocycles. The lowest BCUT2D eigenvalue weighted by atomic mass is 9.91. The Balaban J connectivity index is 1.44. The first-order valence-electron chi connectivity index (χ1n) is 9.91. The second kappa shape index (κ2) is 7.35. The van der Waals surface area contributed by atoms with Crippen LogP contribution in [0.5, 0.6) is 5.75 Å². The van der Waals surface area contributed by atoms with Gasteiger partial charge in [0.1, 0.15) is 5.75 Å². The highest BCUT2D eigenvalue weighted by Crippen LogP contribution is 2.31. The predicted octanol–water partition coefficient (Wildman–Crippen LogP) is 3.79. The van der Waals surface area contributed by atoms with E-state index in [4.69, 9.17) is 4.74 Å². The average Bonchev–Trinajstić information content (AvgIpc) is 2.96. The maximum Gasteiger partial charge on any atom is 0.252 e. The number of likely N-dealkylation sites (tertiary alicyclic amines) is 1. The number of rotatable bonds is 4. The van der Waals surface area contributed by atoms with Crippen molar-refractivity contribution in [2.24, 2.45) is 0 Å². The van der Waals surface area contributed by atoms with Gasteiger partial charge in [0.05, 0.1) is 11.6 Å². The molecule has 2 aromatic carbocycles. The van der Waals surface area contributed by atoms with Gasteiger partial charge < -0.3 is 10.1 Å². The molecule has 1 N–H and O–H groups in total. The minimum atomic E-state index is -0.109. The minimum Gasteiger partial charge on any atom is -0.491 e. The van der Waals surface area contributed by atoms with Crippen molar-refractivity contribution < 1.29 is 9.53 Å². The molecule has 1 amide bonds. The summed E-state index contributed by atoms with van der Waals surface area (Å²) < 4.78 is 5.82. The van der Waals surface area contributed by atoms with Crippen LogP contribution in [0.25, 0.3) is 0 Å². The third-order valence-corrected chi connectivity index (χ3v) is 5.62. The topological polar surface area (TPSA) is 41.6 Å². The maximum absolute atomic E-state index is 12.7. The van der Waals surface area contributed by atoms with E-state index in [9.17, 15) is 4.79 Å². The van der Waals surface area contributed by atoms with Gasteiger partial charge in [0.2, 0.25) is 0 Å². The van der Waals surface area contributed by atoms with Gasteiger partial charge in [0, 0.05) is 25.2 Å². The number of hydrogen-bond acceptors (Lipinski definition) is 3. The van der Waals surface area contributed by atoms with E-state index in [1.165, 1.54) is 11.1 Å². The molecule has 4 heteroatoms. The number of ether oxygens (including phenoxy) is 1. The molecule has 2 aliphatic heterocycles. The van der Waals surface area contributed by atoms with Gasteiger partial charge in [-0.2, -0.15) is 0 Å². The van der Waals surface area contributed by atoms with Crippen LogP contribution in [0.2, 0.25) is 0 Å². The number of carbonyl (C=O) groups excluding carboxylic acids is 1. The van der Waals surface area contributed by atoms with E-state index in [1.807, 2.05) is 38.1 Å². The van der Waals surface area contributed by atoms with Crippen molar-refractivity contribution in [3.63, 3.8) is 0 Å². The monoisotopic (exact) mass is 364 g/mol. The molecular weight excluding hydrogens is 336 g/mol. The average molecular weight is 364 g/mol. The molecule has 0 aliphatic carbocycles. The lowest BCUT2D eigenvalue weighted by molar-refractivity contribution is 0.0902. The summed E-state index contributed by atoms with van der Waals surface area (Å²) in [6.07, 6.45) is 3.15. The standard InChI is InChI=1S/C23H28N2O2/c1-17(2)27-20-8-5-6-18(14-20)15-25-13-12-23(16-25)11-10-19-7-3-4-9-21(19)22(26)24-23/h3-9,14,17H,10-13,15-16H2,1-2H3,(H,24,26). The molecule has 2 heterocycles. The zero-order valence-electron chi connectivity index (χ0n) is 16.2. The third-order valence-electron chi connectivity index (χ3n) is 5.62. The third kappa shape index (κ3) is 4.01. The van der Waals surface area contributed by atoms with E-state index < -0.39 is 0 Å². The van der Waals surface area contributed by atoms with Gasteiger partial charge in [-0.15, -0.1) is 0 Å². The van der Waals surface area contributed by atoms with E-state index in [2.05, 4.69) is 34.5 Å². The van der Waals surface area contributed by atoms with Crippen molar-refractivity contribution in [1.82, 2.24) is 10.2 Å². The lowest BCUT2D eigenvalue weighted by Crippen LogP contribution is -2.49. The summed E-state index contributed by atoms with van der Waals surface area (Å²) in [4.78, 5) is 15.2. The molecule has 2 aromatic rings. The highest BCUT2D eigenvalue weighted by molar-refractivity contribution is 5.96. The number of amides is 1. The van der Waals surface area contributed by atoms with Crippen LogP contribution >= 0.6 is 0 Å². The Kier molecular flexibility index (Phi) is 4.92. The van der Waals surface area contributed by atoms with Crippen molar-refractivity contribution >= 4 is 5.91 Å². The fourth-order valence-electron chi connectivity index (χ4n) is 4.35. The van der Waals surface area contributed by atoms with Gasteiger partial charge in [-0.25, -0.2) is 0 Å². The Bertz CT molecular complexity index is 833. The zero-order chi connectivity index (χ0) is 18.9. The van der Waals surface area contributed by atoms with E-state index in [0.717, 1.165) is 50.2 Å². The summed E-state index contributed by atoms with van der Waals surface area (Å²) in [6, 6.07) is 16.4. The van der Waals surface area contributed by atoms with E-state index >= 15 is 0 Å². The van der Waals surface area contributed by atoms with Crippen molar-refractivity contribution in [1.29, 1.82) is 0 Å². The molecule has 27 heavy (non-hydrogen) atoms. The van der Waals surface area contributed by atoms with Gasteiger partial charge in [0.15, 0.2) is 0 Å². The van der Waals surface area contributed by atoms with Crippen molar-refractivity contribution in [3.05, 3.63) is 65.2 Å². The van der Waals surface area contributed by atoms with Crippen molar-refractivity contribution in [2.45, 2.75) is 51.3 Å². The summed E-state index contributed by atoms with van der Waals surface area (Å²) >= 11 is 0. The molecular formula is C23H28N2O2. The first-order chi connectivity index (χ1) is 13.0. The summed E-state index contributed by atoms with van der Waals surface area (Å²) in [5, 5.41) is 3.36. The van der Waals surface area contributed by atoms with Gasteiger partial charge in [0.25, 0.3) is 5.91 Å². The first-order valence-corrected chi connectivity index (χ1v) is 9.91. The molecule has 1 fully saturated rings. The second-order valence-corrected chi connectivity index (χ2v) is 8.17. The molecule has 1 atom stereocenters. The van der Waals surface area contributed by atoms with E-state index in [0.29, 0.717) is 0 Å². The Morgan fingerprint density at radius 2 is 2.00 bits per heavy atom. The Hall–Kier alpha value is -2.33. The molecule has 0 bridgehead atoms. The largest absolute Gasteiger partial charge is 0.491 e. The zero-order valence-corrected chi connectivity index (χ0v) is 16.2.